The maximum absolute atomic E-state index is 12.3. The van der Waals surface area contributed by atoms with Gasteiger partial charge in [-0.3, -0.25) is 14.4 Å². The van der Waals surface area contributed by atoms with E-state index in [1.54, 1.807) is 6.07 Å². The maximum atomic E-state index is 12.3. The Morgan fingerprint density at radius 3 is 2.60 bits per heavy atom. The molecule has 20 heavy (non-hydrogen) atoms. The van der Waals surface area contributed by atoms with Crippen molar-refractivity contribution in [1.82, 2.24) is 4.90 Å². The Morgan fingerprint density at radius 1 is 1.25 bits per heavy atom. The fraction of sp³-hybridized carbons (Fsp3) is 0.308. The molecule has 7 nitrogen and oxygen atoms in total. The average Bonchev–Trinajstić information content (AvgIpc) is 2.93. The Hall–Kier alpha value is -2.25. The molecular weight excluding hydrogens is 262 g/mol. The number of fused-ring (bicyclic) bond motifs is 1. The van der Waals surface area contributed by atoms with Gasteiger partial charge in [0.15, 0.2) is 0 Å². The molecule has 0 aromatic heterocycles. The lowest BCUT2D eigenvalue weighted by atomic mass is 10.0. The van der Waals surface area contributed by atoms with E-state index in [-0.39, 0.29) is 30.0 Å². The van der Waals surface area contributed by atoms with E-state index in [2.05, 4.69) is 0 Å². The first-order valence-electron chi connectivity index (χ1n) is 6.17. The number of imide groups is 3. The van der Waals surface area contributed by atoms with E-state index in [9.17, 15) is 14.4 Å². The minimum Gasteiger partial charge on any atom is -0.398 e. The lowest BCUT2D eigenvalue weighted by Crippen LogP contribution is -2.46. The largest absolute Gasteiger partial charge is 0.398 e. The molecule has 1 fully saturated rings. The lowest BCUT2D eigenvalue weighted by molar-refractivity contribution is -0.130. The van der Waals surface area contributed by atoms with Gasteiger partial charge >= 0.3 is 0 Å². The molecule has 2 unspecified atom stereocenters. The fourth-order valence-corrected chi connectivity index (χ4v) is 2.50. The molecule has 3 rings (SSSR count). The third-order valence-electron chi connectivity index (χ3n) is 3.61. The predicted molar refractivity (Wildman–Crippen MR) is 68.6 cm³/mol. The number of nitrogens with zero attached hydrogens (tertiary/aromatic N) is 1. The highest BCUT2D eigenvalue weighted by Gasteiger charge is 2.45. The van der Waals surface area contributed by atoms with Crippen LogP contribution in [0.2, 0.25) is 0 Å². The molecule has 2 aliphatic heterocycles. The number of hydrogen-bond acceptors (Lipinski definition) is 6. The Kier molecular flexibility index (Phi) is 2.81. The topological polar surface area (TPSA) is 116 Å². The minimum atomic E-state index is -0.688. The Balaban J connectivity index is 1.98. The molecular formula is C13H13N3O4. The second kappa shape index (κ2) is 4.39. The lowest BCUT2D eigenvalue weighted by Gasteiger charge is -2.18. The fourth-order valence-electron chi connectivity index (χ4n) is 2.50. The zero-order chi connectivity index (χ0) is 14.4. The molecule has 2 aliphatic rings. The molecule has 0 spiro atoms. The maximum Gasteiger partial charge on any atom is 0.270 e. The number of carbonyl (C=O) groups excluding carboxylic acids is 3. The molecule has 0 aliphatic carbocycles. The van der Waals surface area contributed by atoms with Crippen LogP contribution in [0.1, 0.15) is 20.7 Å². The molecule has 104 valence electrons. The summed E-state index contributed by atoms with van der Waals surface area (Å²) in [6, 6.07) is 4.05. The van der Waals surface area contributed by atoms with Crippen molar-refractivity contribution in [3.05, 3.63) is 29.3 Å². The van der Waals surface area contributed by atoms with Crippen molar-refractivity contribution < 1.29 is 19.1 Å². The number of nitrogen functional groups attached to an aromatic ring is 1. The highest BCUT2D eigenvalue weighted by Crippen LogP contribution is 2.29. The number of rotatable bonds is 1. The number of amides is 3. The Morgan fingerprint density at radius 2 is 2.00 bits per heavy atom. The normalized spacial score (nSPS) is 25.1. The molecule has 1 saturated heterocycles. The van der Waals surface area contributed by atoms with Crippen LogP contribution in [0.15, 0.2) is 18.2 Å². The van der Waals surface area contributed by atoms with Crippen LogP contribution in [0.25, 0.3) is 0 Å². The third kappa shape index (κ3) is 1.64. The number of hydrogen-bond donors (Lipinski definition) is 2. The van der Waals surface area contributed by atoms with Gasteiger partial charge in [0.1, 0.15) is 0 Å². The molecule has 3 amide bonds. The molecule has 2 atom stereocenters. The molecule has 0 saturated carbocycles. The van der Waals surface area contributed by atoms with Crippen molar-refractivity contribution in [1.29, 1.82) is 0 Å². The molecule has 2 heterocycles. The van der Waals surface area contributed by atoms with E-state index >= 15 is 0 Å². The van der Waals surface area contributed by atoms with Crippen LogP contribution in [-0.2, 0) is 9.53 Å². The number of ether oxygens (including phenoxy) is 1. The smallest absolute Gasteiger partial charge is 0.270 e. The van der Waals surface area contributed by atoms with E-state index in [1.807, 2.05) is 0 Å². The first-order valence-corrected chi connectivity index (χ1v) is 6.17. The van der Waals surface area contributed by atoms with Gasteiger partial charge < -0.3 is 16.2 Å². The van der Waals surface area contributed by atoms with Crippen LogP contribution in [-0.4, -0.2) is 41.9 Å². The monoisotopic (exact) mass is 275 g/mol. The average molecular weight is 275 g/mol. The highest BCUT2D eigenvalue weighted by molar-refractivity contribution is 6.30. The molecule has 1 aromatic rings. The Bertz CT molecular complexity index is 628. The van der Waals surface area contributed by atoms with Crippen molar-refractivity contribution in [3.63, 3.8) is 0 Å². The van der Waals surface area contributed by atoms with Crippen LogP contribution in [0, 0.1) is 5.92 Å². The van der Waals surface area contributed by atoms with Gasteiger partial charge in [0.2, 0.25) is 5.91 Å². The summed E-state index contributed by atoms with van der Waals surface area (Å²) >= 11 is 0. The van der Waals surface area contributed by atoms with Crippen molar-refractivity contribution in [2.75, 3.05) is 18.9 Å². The third-order valence-corrected chi connectivity index (χ3v) is 3.61. The summed E-state index contributed by atoms with van der Waals surface area (Å²) in [6.45, 7) is 0.352. The standard InChI is InChI=1S/C13H13N3O4/c14-8-3-1-2-6-10(8)13(19)16(11(6)17)12(18)7-4-20-5-9(7)15/h1-3,7,9H,4-5,14-15H2. The van der Waals surface area contributed by atoms with Gasteiger partial charge in [-0.15, -0.1) is 0 Å². The number of anilines is 1. The molecule has 0 bridgehead atoms. The van der Waals surface area contributed by atoms with E-state index in [0.29, 0.717) is 4.90 Å². The van der Waals surface area contributed by atoms with Crippen LogP contribution in [0.3, 0.4) is 0 Å². The minimum absolute atomic E-state index is 0.0818. The summed E-state index contributed by atoms with van der Waals surface area (Å²) in [5, 5.41) is 0. The van der Waals surface area contributed by atoms with Crippen LogP contribution < -0.4 is 11.5 Å². The first-order chi connectivity index (χ1) is 9.52. The summed E-state index contributed by atoms with van der Waals surface area (Å²) < 4.78 is 5.10. The van der Waals surface area contributed by atoms with Gasteiger partial charge in [0.05, 0.1) is 30.3 Å². The highest BCUT2D eigenvalue weighted by atomic mass is 16.5. The van der Waals surface area contributed by atoms with Gasteiger partial charge in [-0.25, -0.2) is 4.90 Å². The zero-order valence-electron chi connectivity index (χ0n) is 10.5. The van der Waals surface area contributed by atoms with Crippen molar-refractivity contribution in [3.8, 4) is 0 Å². The Labute approximate surface area is 114 Å². The molecule has 0 radical (unpaired) electrons. The second-order valence-corrected chi connectivity index (χ2v) is 4.86. The summed E-state index contributed by atoms with van der Waals surface area (Å²) in [6.07, 6.45) is 0. The van der Waals surface area contributed by atoms with Gasteiger partial charge in [-0.05, 0) is 12.1 Å². The summed E-state index contributed by atoms with van der Waals surface area (Å²) in [4.78, 5) is 37.4. The quantitative estimate of drug-likeness (QED) is 0.520. The zero-order valence-corrected chi connectivity index (χ0v) is 10.5. The van der Waals surface area contributed by atoms with Crippen molar-refractivity contribution in [2.24, 2.45) is 11.7 Å². The second-order valence-electron chi connectivity index (χ2n) is 4.86. The van der Waals surface area contributed by atoms with Crippen LogP contribution >= 0.6 is 0 Å². The van der Waals surface area contributed by atoms with Crippen molar-refractivity contribution in [2.45, 2.75) is 6.04 Å². The van der Waals surface area contributed by atoms with Gasteiger partial charge in [0.25, 0.3) is 11.8 Å². The summed E-state index contributed by atoms with van der Waals surface area (Å²) in [5.41, 5.74) is 11.9. The summed E-state index contributed by atoms with van der Waals surface area (Å²) in [5.74, 6) is -2.65. The van der Waals surface area contributed by atoms with E-state index < -0.39 is 29.7 Å². The SMILES string of the molecule is Nc1cccc2c1C(=O)N(C(=O)C1COCC1N)C2=O. The van der Waals surface area contributed by atoms with Gasteiger partial charge in [-0.1, -0.05) is 6.07 Å². The van der Waals surface area contributed by atoms with E-state index in [1.165, 1.54) is 12.1 Å². The van der Waals surface area contributed by atoms with Gasteiger partial charge in [0, 0.05) is 11.7 Å². The van der Waals surface area contributed by atoms with E-state index in [4.69, 9.17) is 16.2 Å². The van der Waals surface area contributed by atoms with E-state index in [0.717, 1.165) is 0 Å². The molecule has 7 heteroatoms. The predicted octanol–water partition coefficient (Wildman–Crippen LogP) is -0.635. The van der Waals surface area contributed by atoms with Crippen LogP contribution in [0.5, 0.6) is 0 Å². The number of carbonyl (C=O) groups is 3. The first kappa shape index (κ1) is 12.8. The summed E-state index contributed by atoms with van der Waals surface area (Å²) in [7, 11) is 0. The number of benzene rings is 1. The number of nitrogens with two attached hydrogens (primary N) is 2. The van der Waals surface area contributed by atoms with Crippen LogP contribution in [0.4, 0.5) is 5.69 Å². The molecule has 4 N–H and O–H groups in total. The van der Waals surface area contributed by atoms with Crippen molar-refractivity contribution >= 4 is 23.4 Å². The van der Waals surface area contributed by atoms with Gasteiger partial charge in [-0.2, -0.15) is 0 Å². The molecule has 1 aromatic carbocycles.